The molecule has 34 heavy (non-hydrogen) atoms. The van der Waals surface area contributed by atoms with Crippen LogP contribution in [-0.4, -0.2) is 32.4 Å². The Bertz CT molecular complexity index is 954. The van der Waals surface area contributed by atoms with Crippen molar-refractivity contribution in [3.8, 4) is 5.75 Å². The molecule has 1 aliphatic rings. The van der Waals surface area contributed by atoms with Gasteiger partial charge in [0.2, 0.25) is 0 Å². The van der Waals surface area contributed by atoms with Crippen LogP contribution in [0.3, 0.4) is 0 Å². The minimum Gasteiger partial charge on any atom is -0.494 e. The van der Waals surface area contributed by atoms with E-state index in [4.69, 9.17) is 14.2 Å². The average Bonchev–Trinajstić information content (AvgIpc) is 2.87. The molecule has 1 saturated heterocycles. The van der Waals surface area contributed by atoms with E-state index >= 15 is 0 Å². The van der Waals surface area contributed by atoms with E-state index in [-0.39, 0.29) is 18.5 Å². The van der Waals surface area contributed by atoms with Crippen molar-refractivity contribution in [2.24, 2.45) is 0 Å². The van der Waals surface area contributed by atoms with Crippen molar-refractivity contribution < 1.29 is 14.2 Å². The van der Waals surface area contributed by atoms with Gasteiger partial charge in [-0.1, -0.05) is 70.5 Å². The molecule has 182 valence electrons. The summed E-state index contributed by atoms with van der Waals surface area (Å²) in [5, 5.41) is 3.48. The van der Waals surface area contributed by atoms with Gasteiger partial charge >= 0.3 is 0 Å². The van der Waals surface area contributed by atoms with Gasteiger partial charge in [-0.05, 0) is 53.9 Å². The number of ether oxygens (including phenoxy) is 3. The minimum absolute atomic E-state index is 0. The summed E-state index contributed by atoms with van der Waals surface area (Å²) in [6.45, 7) is 4.52. The molecule has 6 heteroatoms. The number of benzene rings is 3. The standard InChI is InChI=1S/C28H32BrNO3.ClH/c29-25-11-7-23(8-12-25)21-33-28-19-30-16-15-27(28)24-9-13-26(14-10-24)32-18-4-17-31-20-22-5-2-1-3-6-22;/h1-3,5-14,27-28,30H,4,15-21H2;1H. The Morgan fingerprint density at radius 2 is 1.56 bits per heavy atom. The first-order valence-electron chi connectivity index (χ1n) is 11.7. The molecule has 0 amide bonds. The molecule has 0 spiro atoms. The lowest BCUT2D eigenvalue weighted by atomic mass is 9.87. The molecule has 4 nitrogen and oxygen atoms in total. The number of hydrogen-bond donors (Lipinski definition) is 1. The second kappa shape index (κ2) is 14.5. The zero-order valence-corrected chi connectivity index (χ0v) is 21.7. The summed E-state index contributed by atoms with van der Waals surface area (Å²) in [4.78, 5) is 0. The predicted molar refractivity (Wildman–Crippen MR) is 143 cm³/mol. The molecule has 2 atom stereocenters. The highest BCUT2D eigenvalue weighted by Crippen LogP contribution is 2.30. The first-order chi connectivity index (χ1) is 16.3. The van der Waals surface area contributed by atoms with Crippen molar-refractivity contribution in [1.29, 1.82) is 0 Å². The third-order valence-electron chi connectivity index (χ3n) is 5.93. The van der Waals surface area contributed by atoms with Crippen LogP contribution in [0.25, 0.3) is 0 Å². The zero-order chi connectivity index (χ0) is 22.7. The van der Waals surface area contributed by atoms with E-state index in [9.17, 15) is 0 Å². The van der Waals surface area contributed by atoms with Gasteiger partial charge in [-0.3, -0.25) is 0 Å². The Kier molecular flexibility index (Phi) is 11.4. The normalized spacial score (nSPS) is 17.7. The van der Waals surface area contributed by atoms with Crippen LogP contribution in [-0.2, 0) is 22.7 Å². The largest absolute Gasteiger partial charge is 0.494 e. The lowest BCUT2D eigenvalue weighted by Crippen LogP contribution is -2.40. The summed E-state index contributed by atoms with van der Waals surface area (Å²) in [5.41, 5.74) is 3.71. The molecule has 0 bridgehead atoms. The fraction of sp³-hybridized carbons (Fsp3) is 0.357. The fourth-order valence-electron chi connectivity index (χ4n) is 4.10. The molecular weight excluding hydrogens is 514 g/mol. The molecule has 1 N–H and O–H groups in total. The van der Waals surface area contributed by atoms with Gasteiger partial charge in [0.15, 0.2) is 0 Å². The van der Waals surface area contributed by atoms with Gasteiger partial charge < -0.3 is 19.5 Å². The zero-order valence-electron chi connectivity index (χ0n) is 19.3. The molecule has 0 radical (unpaired) electrons. The summed E-state index contributed by atoms with van der Waals surface area (Å²) < 4.78 is 19.0. The number of rotatable bonds is 11. The summed E-state index contributed by atoms with van der Waals surface area (Å²) in [6.07, 6.45) is 2.11. The van der Waals surface area contributed by atoms with Gasteiger partial charge in [-0.2, -0.15) is 0 Å². The molecule has 0 saturated carbocycles. The highest BCUT2D eigenvalue weighted by atomic mass is 79.9. The summed E-state index contributed by atoms with van der Waals surface area (Å²) in [5.74, 6) is 1.30. The minimum atomic E-state index is 0. The van der Waals surface area contributed by atoms with Crippen LogP contribution in [0, 0.1) is 0 Å². The highest BCUT2D eigenvalue weighted by molar-refractivity contribution is 9.10. The summed E-state index contributed by atoms with van der Waals surface area (Å²) >= 11 is 3.49. The second-order valence-corrected chi connectivity index (χ2v) is 9.30. The third kappa shape index (κ3) is 8.40. The van der Waals surface area contributed by atoms with Gasteiger partial charge in [0.1, 0.15) is 5.75 Å². The van der Waals surface area contributed by atoms with Crippen molar-refractivity contribution in [3.05, 3.63) is 100 Å². The molecule has 4 rings (SSSR count). The van der Waals surface area contributed by atoms with E-state index in [1.54, 1.807) is 0 Å². The molecule has 1 aliphatic heterocycles. The van der Waals surface area contributed by atoms with E-state index in [0.29, 0.717) is 32.3 Å². The fourth-order valence-corrected chi connectivity index (χ4v) is 4.36. The van der Waals surface area contributed by atoms with Gasteiger partial charge in [0.25, 0.3) is 0 Å². The quantitative estimate of drug-likeness (QED) is 0.278. The third-order valence-corrected chi connectivity index (χ3v) is 6.45. The Morgan fingerprint density at radius 1 is 0.824 bits per heavy atom. The van der Waals surface area contributed by atoms with Crippen LogP contribution in [0.2, 0.25) is 0 Å². The summed E-state index contributed by atoms with van der Waals surface area (Å²) in [6, 6.07) is 27.1. The molecule has 2 unspecified atom stereocenters. The Hall–Kier alpha value is -1.89. The smallest absolute Gasteiger partial charge is 0.119 e. The topological polar surface area (TPSA) is 39.7 Å². The monoisotopic (exact) mass is 545 g/mol. The van der Waals surface area contributed by atoms with Crippen LogP contribution in [0.15, 0.2) is 83.3 Å². The molecule has 3 aromatic carbocycles. The SMILES string of the molecule is Brc1ccc(COC2CNCCC2c2ccc(OCCCOCc3ccccc3)cc2)cc1.Cl. The molecule has 1 fully saturated rings. The number of nitrogens with one attached hydrogen (secondary N) is 1. The average molecular weight is 547 g/mol. The van der Waals surface area contributed by atoms with Crippen LogP contribution in [0.4, 0.5) is 0 Å². The Labute approximate surface area is 217 Å². The van der Waals surface area contributed by atoms with E-state index < -0.39 is 0 Å². The first-order valence-corrected chi connectivity index (χ1v) is 12.5. The molecule has 3 aromatic rings. The maximum atomic E-state index is 6.32. The van der Waals surface area contributed by atoms with Gasteiger partial charge in [-0.15, -0.1) is 12.4 Å². The van der Waals surface area contributed by atoms with E-state index in [1.165, 1.54) is 16.7 Å². The summed E-state index contributed by atoms with van der Waals surface area (Å²) in [7, 11) is 0. The van der Waals surface area contributed by atoms with Gasteiger partial charge in [-0.25, -0.2) is 0 Å². The highest BCUT2D eigenvalue weighted by Gasteiger charge is 2.27. The lowest BCUT2D eigenvalue weighted by Gasteiger charge is -2.32. The van der Waals surface area contributed by atoms with Crippen molar-refractivity contribution >= 4 is 28.3 Å². The van der Waals surface area contributed by atoms with E-state index in [2.05, 4.69) is 81.9 Å². The molecule has 0 aromatic heterocycles. The number of halogens is 2. The maximum absolute atomic E-state index is 6.32. The number of piperidine rings is 1. The Morgan fingerprint density at radius 3 is 2.32 bits per heavy atom. The van der Waals surface area contributed by atoms with Crippen LogP contribution >= 0.6 is 28.3 Å². The van der Waals surface area contributed by atoms with Crippen molar-refractivity contribution in [1.82, 2.24) is 5.32 Å². The van der Waals surface area contributed by atoms with Crippen molar-refractivity contribution in [2.75, 3.05) is 26.3 Å². The van der Waals surface area contributed by atoms with Gasteiger partial charge in [0, 0.05) is 23.4 Å². The van der Waals surface area contributed by atoms with E-state index in [1.807, 2.05) is 18.2 Å². The van der Waals surface area contributed by atoms with Crippen molar-refractivity contribution in [2.45, 2.75) is 38.1 Å². The Balaban J connectivity index is 0.00000324. The first kappa shape index (κ1) is 26.7. The van der Waals surface area contributed by atoms with Gasteiger partial charge in [0.05, 0.1) is 32.5 Å². The van der Waals surface area contributed by atoms with E-state index in [0.717, 1.165) is 36.2 Å². The molecular formula is C28H33BrClNO3. The van der Waals surface area contributed by atoms with Crippen LogP contribution in [0.5, 0.6) is 5.75 Å². The van der Waals surface area contributed by atoms with Crippen molar-refractivity contribution in [3.63, 3.8) is 0 Å². The lowest BCUT2D eigenvalue weighted by molar-refractivity contribution is 0.0106. The molecule has 0 aliphatic carbocycles. The second-order valence-electron chi connectivity index (χ2n) is 8.38. The molecule has 1 heterocycles. The maximum Gasteiger partial charge on any atom is 0.119 e. The van der Waals surface area contributed by atoms with Crippen LogP contribution in [0.1, 0.15) is 35.4 Å². The van der Waals surface area contributed by atoms with Crippen LogP contribution < -0.4 is 10.1 Å². The predicted octanol–water partition coefficient (Wildman–Crippen LogP) is 6.52. The number of hydrogen-bond acceptors (Lipinski definition) is 4.